The first-order valence-corrected chi connectivity index (χ1v) is 14.5. The number of benzene rings is 2. The number of β-lactam (4-membered cyclic amide) rings is 1. The van der Waals surface area contributed by atoms with E-state index in [4.69, 9.17) is 0 Å². The molecule has 2 aromatic carbocycles. The summed E-state index contributed by atoms with van der Waals surface area (Å²) in [5.74, 6) is -3.71. The summed E-state index contributed by atoms with van der Waals surface area (Å²) in [5.41, 5.74) is 0.836. The number of carbonyl (C=O) groups is 4. The number of nitrogens with one attached hydrogen (secondary N) is 2. The molecule has 0 saturated carbocycles. The van der Waals surface area contributed by atoms with Gasteiger partial charge in [0.2, 0.25) is 17.2 Å². The van der Waals surface area contributed by atoms with E-state index >= 15 is 0 Å². The number of rotatable bonds is 6. The van der Waals surface area contributed by atoms with Crippen LogP contribution in [0.3, 0.4) is 0 Å². The smallest absolute Gasteiger partial charge is 0.327 e. The number of pyridine rings is 1. The number of aromatic nitrogens is 1. The molecule has 0 bridgehead atoms. The standard InChI is InChI=1S/C30H29FN4O6S/c1-14-9-10-16-11-17(31)12-18-22(16)34(14)13-19(23(18)36)25(37)32-20(15-7-5-4-6-8-15)26(38)33-21-27(39)35-24(29(40)41)30(2,3)42-28(21)35/h4-8,11-14,20-21,24,28H,9-10H2,1-3H3,(H,32,37)(H,33,38)(H,40,41). The minimum atomic E-state index is -1.27. The van der Waals surface area contributed by atoms with Gasteiger partial charge >= 0.3 is 5.97 Å². The predicted molar refractivity (Wildman–Crippen MR) is 154 cm³/mol. The van der Waals surface area contributed by atoms with Crippen molar-refractivity contribution in [1.29, 1.82) is 0 Å². The van der Waals surface area contributed by atoms with Crippen LogP contribution in [0, 0.1) is 5.82 Å². The molecule has 12 heteroatoms. The van der Waals surface area contributed by atoms with Gasteiger partial charge < -0.3 is 25.2 Å². The molecule has 5 unspecified atom stereocenters. The molecule has 2 saturated heterocycles. The Morgan fingerprint density at radius 3 is 2.55 bits per heavy atom. The van der Waals surface area contributed by atoms with Crippen molar-refractivity contribution in [2.24, 2.45) is 0 Å². The molecule has 3 aliphatic heterocycles. The Balaban J connectivity index is 1.31. The fourth-order valence-corrected chi connectivity index (χ4v) is 7.91. The number of halogens is 1. The van der Waals surface area contributed by atoms with Crippen LogP contribution in [-0.4, -0.2) is 60.5 Å². The van der Waals surface area contributed by atoms with Gasteiger partial charge in [-0.15, -0.1) is 11.8 Å². The van der Waals surface area contributed by atoms with Crippen LogP contribution in [-0.2, 0) is 20.8 Å². The number of aliphatic carboxylic acids is 1. The summed E-state index contributed by atoms with van der Waals surface area (Å²) in [6.45, 7) is 5.42. The fraction of sp³-hybridized carbons (Fsp3) is 0.367. The third-order valence-electron chi connectivity index (χ3n) is 8.36. The quantitative estimate of drug-likeness (QED) is 0.374. The summed E-state index contributed by atoms with van der Waals surface area (Å²) in [7, 11) is 0. The number of hydrogen-bond acceptors (Lipinski definition) is 6. The third-order valence-corrected chi connectivity index (χ3v) is 9.93. The van der Waals surface area contributed by atoms with Gasteiger partial charge in [0.05, 0.1) is 5.52 Å². The first-order valence-electron chi connectivity index (χ1n) is 13.7. The Morgan fingerprint density at radius 2 is 1.86 bits per heavy atom. The summed E-state index contributed by atoms with van der Waals surface area (Å²) < 4.78 is 15.5. The SMILES string of the molecule is CC1CCc2cc(F)cc3c(=O)c(C(=O)NC(C(=O)NC4C(=O)N5C4SC(C)(C)C5C(=O)O)c4ccccc4)cn1c23. The van der Waals surface area contributed by atoms with Crippen LogP contribution in [0.5, 0.6) is 0 Å². The molecule has 0 spiro atoms. The van der Waals surface area contributed by atoms with E-state index in [9.17, 15) is 33.5 Å². The Bertz CT molecular complexity index is 1720. The van der Waals surface area contributed by atoms with Gasteiger partial charge in [0.1, 0.15) is 34.9 Å². The number of carboxylic acids is 1. The lowest BCUT2D eigenvalue weighted by atomic mass is 9.95. The van der Waals surface area contributed by atoms with Gasteiger partial charge in [-0.05, 0) is 56.9 Å². The Labute approximate surface area is 244 Å². The van der Waals surface area contributed by atoms with Crippen molar-refractivity contribution in [3.05, 3.63) is 81.4 Å². The van der Waals surface area contributed by atoms with Crippen LogP contribution in [0.1, 0.15) is 60.8 Å². The van der Waals surface area contributed by atoms with Crippen LogP contribution in [0.2, 0.25) is 0 Å². The number of carbonyl (C=O) groups excluding carboxylic acids is 3. The maximum Gasteiger partial charge on any atom is 0.327 e. The number of carboxylic acid groups (broad SMARTS) is 1. The molecule has 0 aliphatic carbocycles. The summed E-state index contributed by atoms with van der Waals surface area (Å²) in [5, 5.41) is 14.6. The third kappa shape index (κ3) is 4.36. The largest absolute Gasteiger partial charge is 0.480 e. The molecule has 6 rings (SSSR count). The van der Waals surface area contributed by atoms with E-state index in [1.165, 1.54) is 28.9 Å². The van der Waals surface area contributed by atoms with Crippen molar-refractivity contribution in [1.82, 2.24) is 20.1 Å². The van der Waals surface area contributed by atoms with Crippen molar-refractivity contribution >= 4 is 46.4 Å². The highest BCUT2D eigenvalue weighted by atomic mass is 32.2. The van der Waals surface area contributed by atoms with Crippen LogP contribution in [0.25, 0.3) is 10.9 Å². The van der Waals surface area contributed by atoms with Crippen molar-refractivity contribution < 1.29 is 28.7 Å². The molecule has 1 aromatic heterocycles. The summed E-state index contributed by atoms with van der Waals surface area (Å²) >= 11 is 1.29. The second-order valence-corrected chi connectivity index (χ2v) is 13.3. The van der Waals surface area contributed by atoms with Crippen molar-refractivity contribution in [3.8, 4) is 0 Å². The van der Waals surface area contributed by atoms with Gasteiger partial charge in [0.15, 0.2) is 0 Å². The predicted octanol–water partition coefficient (Wildman–Crippen LogP) is 2.75. The molecule has 3 aromatic rings. The Kier molecular flexibility index (Phi) is 6.64. The molecular formula is C30H29FN4O6S. The zero-order valence-corrected chi connectivity index (χ0v) is 23.9. The minimum Gasteiger partial charge on any atom is -0.480 e. The van der Waals surface area contributed by atoms with Gasteiger partial charge in [0, 0.05) is 22.4 Å². The average Bonchev–Trinajstić information content (AvgIpc) is 3.21. The summed E-state index contributed by atoms with van der Waals surface area (Å²) in [6.07, 6.45) is 2.77. The molecular weight excluding hydrogens is 563 g/mol. The normalized spacial score (nSPS) is 24.5. The number of nitrogens with zero attached hydrogens (tertiary/aromatic N) is 2. The molecule has 218 valence electrons. The summed E-state index contributed by atoms with van der Waals surface area (Å²) in [4.78, 5) is 66.9. The topological polar surface area (TPSA) is 138 Å². The van der Waals surface area contributed by atoms with E-state index in [2.05, 4.69) is 10.6 Å². The number of amides is 3. The van der Waals surface area contributed by atoms with Gasteiger partial charge in [-0.3, -0.25) is 19.2 Å². The van der Waals surface area contributed by atoms with E-state index in [0.29, 0.717) is 29.5 Å². The molecule has 3 N–H and O–H groups in total. The van der Waals surface area contributed by atoms with Gasteiger partial charge in [-0.25, -0.2) is 9.18 Å². The van der Waals surface area contributed by atoms with Crippen LogP contribution < -0.4 is 16.1 Å². The van der Waals surface area contributed by atoms with Crippen LogP contribution >= 0.6 is 11.8 Å². The number of aryl methyl sites for hydroxylation is 1. The molecule has 4 heterocycles. The van der Waals surface area contributed by atoms with Crippen molar-refractivity contribution in [2.45, 2.75) is 67.9 Å². The minimum absolute atomic E-state index is 0.0406. The molecule has 10 nitrogen and oxygen atoms in total. The highest BCUT2D eigenvalue weighted by molar-refractivity contribution is 8.01. The average molecular weight is 593 g/mol. The molecule has 42 heavy (non-hydrogen) atoms. The number of hydrogen-bond donors (Lipinski definition) is 3. The zero-order chi connectivity index (χ0) is 30.1. The number of thioether (sulfide) groups is 1. The van der Waals surface area contributed by atoms with Gasteiger partial charge in [-0.1, -0.05) is 30.3 Å². The Morgan fingerprint density at radius 1 is 1.14 bits per heavy atom. The van der Waals surface area contributed by atoms with Gasteiger partial charge in [-0.2, -0.15) is 0 Å². The van der Waals surface area contributed by atoms with E-state index in [1.54, 1.807) is 48.7 Å². The second-order valence-electron chi connectivity index (χ2n) is 11.5. The first-order chi connectivity index (χ1) is 19.9. The monoisotopic (exact) mass is 592 g/mol. The van der Waals surface area contributed by atoms with Crippen LogP contribution in [0.4, 0.5) is 4.39 Å². The zero-order valence-electron chi connectivity index (χ0n) is 23.1. The molecule has 5 atom stereocenters. The highest BCUT2D eigenvalue weighted by Gasteiger charge is 2.64. The second kappa shape index (κ2) is 9.97. The fourth-order valence-electron chi connectivity index (χ4n) is 6.28. The lowest BCUT2D eigenvalue weighted by Crippen LogP contribution is -2.71. The molecule has 0 radical (unpaired) electrons. The van der Waals surface area contributed by atoms with E-state index in [0.717, 1.165) is 6.07 Å². The van der Waals surface area contributed by atoms with Gasteiger partial charge in [0.25, 0.3) is 5.91 Å². The molecule has 2 fully saturated rings. The highest BCUT2D eigenvalue weighted by Crippen LogP contribution is 2.50. The maximum absolute atomic E-state index is 14.4. The van der Waals surface area contributed by atoms with Crippen molar-refractivity contribution in [2.75, 3.05) is 0 Å². The Hall–Kier alpha value is -4.19. The van der Waals surface area contributed by atoms with Crippen LogP contribution in [0.15, 0.2) is 53.5 Å². The lowest BCUT2D eigenvalue weighted by Gasteiger charge is -2.44. The molecule has 3 aliphatic rings. The van der Waals surface area contributed by atoms with E-state index in [1.807, 2.05) is 6.92 Å². The lowest BCUT2D eigenvalue weighted by molar-refractivity contribution is -0.161. The summed E-state index contributed by atoms with van der Waals surface area (Å²) in [6, 6.07) is 7.59. The number of fused-ring (bicyclic) bond motifs is 1. The van der Waals surface area contributed by atoms with E-state index < -0.39 is 63.2 Å². The van der Waals surface area contributed by atoms with Crippen molar-refractivity contribution in [3.63, 3.8) is 0 Å². The molecule has 3 amide bonds. The maximum atomic E-state index is 14.4. The first kappa shape index (κ1) is 28.0. The van der Waals surface area contributed by atoms with E-state index in [-0.39, 0.29) is 17.0 Å².